The second-order valence-corrected chi connectivity index (χ2v) is 8.03. The van der Waals surface area contributed by atoms with E-state index < -0.39 is 16.7 Å². The van der Waals surface area contributed by atoms with Gasteiger partial charge in [-0.1, -0.05) is 12.1 Å². The summed E-state index contributed by atoms with van der Waals surface area (Å²) in [5.41, 5.74) is 1.47. The monoisotopic (exact) mass is 361 g/mol. The number of rotatable bonds is 3. The molecule has 25 heavy (non-hydrogen) atoms. The number of benzene rings is 1. The van der Waals surface area contributed by atoms with Crippen LogP contribution in [0.1, 0.15) is 27.7 Å². The minimum atomic E-state index is -3.75. The Bertz CT molecular complexity index is 948. The normalized spacial score (nSPS) is 20.4. The van der Waals surface area contributed by atoms with Gasteiger partial charge in [0.2, 0.25) is 10.0 Å². The molecule has 1 atom stereocenters. The molecule has 0 N–H and O–H groups in total. The molecule has 0 saturated carbocycles. The second kappa shape index (κ2) is 5.89. The lowest BCUT2D eigenvalue weighted by atomic mass is 10.1. The largest absolute Gasteiger partial charge is 0.327 e. The highest BCUT2D eigenvalue weighted by Gasteiger charge is 2.44. The van der Waals surface area contributed by atoms with Crippen molar-refractivity contribution >= 4 is 15.9 Å². The van der Waals surface area contributed by atoms with Crippen LogP contribution in [-0.4, -0.2) is 48.1 Å². The standard InChI is InChI=1S/C17H16FN3O3S/c18-10-12-3-1-4-13(9-12)25(23,24)20-7-8-21-15(11-20)16-14(17(21)22)5-2-6-19-16/h1-6,9,15H,7-8,10-11H2. The van der Waals surface area contributed by atoms with Gasteiger partial charge in [-0.25, -0.2) is 12.8 Å². The minimum absolute atomic E-state index is 0.0710. The molecule has 0 radical (unpaired) electrons. The highest BCUT2D eigenvalue weighted by molar-refractivity contribution is 7.89. The number of carbonyl (C=O) groups excluding carboxylic acids is 1. The van der Waals surface area contributed by atoms with E-state index in [1.807, 2.05) is 0 Å². The maximum absolute atomic E-state index is 12.9. The van der Waals surface area contributed by atoms with Crippen LogP contribution in [0, 0.1) is 0 Å². The van der Waals surface area contributed by atoms with Crippen LogP contribution in [-0.2, 0) is 16.7 Å². The van der Waals surface area contributed by atoms with E-state index in [4.69, 9.17) is 0 Å². The number of aromatic nitrogens is 1. The molecule has 1 fully saturated rings. The first-order valence-electron chi connectivity index (χ1n) is 7.93. The Labute approximate surface area is 144 Å². The number of alkyl halides is 1. The zero-order valence-corrected chi connectivity index (χ0v) is 14.1. The first-order valence-corrected chi connectivity index (χ1v) is 9.37. The summed E-state index contributed by atoms with van der Waals surface area (Å²) in [5, 5.41) is 0. The SMILES string of the molecule is O=C1c2cccnc2C2CN(S(=O)(=O)c3cccc(CF)c3)CCN12. The fraction of sp³-hybridized carbons (Fsp3) is 0.294. The number of sulfonamides is 1. The van der Waals surface area contributed by atoms with Crippen LogP contribution in [0.25, 0.3) is 0 Å². The van der Waals surface area contributed by atoms with Crippen LogP contribution in [0.5, 0.6) is 0 Å². The summed E-state index contributed by atoms with van der Waals surface area (Å²) in [7, 11) is -3.75. The van der Waals surface area contributed by atoms with Gasteiger partial charge in [0.1, 0.15) is 6.67 Å². The van der Waals surface area contributed by atoms with E-state index in [-0.39, 0.29) is 29.9 Å². The average Bonchev–Trinajstić information content (AvgIpc) is 2.94. The summed E-state index contributed by atoms with van der Waals surface area (Å²) in [6.45, 7) is -0.0518. The Morgan fingerprint density at radius 3 is 2.84 bits per heavy atom. The molecule has 1 amide bonds. The molecule has 2 aromatic rings. The number of piperazine rings is 1. The van der Waals surface area contributed by atoms with Gasteiger partial charge in [-0.15, -0.1) is 0 Å². The van der Waals surface area contributed by atoms with Gasteiger partial charge in [0.05, 0.1) is 22.2 Å². The Hall–Kier alpha value is -2.32. The van der Waals surface area contributed by atoms with Crippen molar-refractivity contribution in [3.05, 3.63) is 59.4 Å². The molecular formula is C17H16FN3O3S. The molecule has 1 aromatic heterocycles. The average molecular weight is 361 g/mol. The van der Waals surface area contributed by atoms with Gasteiger partial charge in [-0.2, -0.15) is 4.31 Å². The maximum Gasteiger partial charge on any atom is 0.256 e. The Morgan fingerprint density at radius 1 is 1.20 bits per heavy atom. The van der Waals surface area contributed by atoms with Crippen molar-refractivity contribution in [2.75, 3.05) is 19.6 Å². The summed E-state index contributed by atoms with van der Waals surface area (Å²) in [6.07, 6.45) is 1.60. The summed E-state index contributed by atoms with van der Waals surface area (Å²) < 4.78 is 40.0. The predicted octanol–water partition coefficient (Wildman–Crippen LogP) is 1.75. The first kappa shape index (κ1) is 16.2. The van der Waals surface area contributed by atoms with Gasteiger partial charge in [0.25, 0.3) is 5.91 Å². The van der Waals surface area contributed by atoms with Crippen LogP contribution >= 0.6 is 0 Å². The van der Waals surface area contributed by atoms with Crippen molar-refractivity contribution in [3.8, 4) is 0 Å². The highest BCUT2D eigenvalue weighted by Crippen LogP contribution is 2.36. The van der Waals surface area contributed by atoms with Crippen molar-refractivity contribution in [2.45, 2.75) is 17.6 Å². The number of fused-ring (bicyclic) bond motifs is 3. The summed E-state index contributed by atoms with van der Waals surface area (Å²) in [4.78, 5) is 18.4. The zero-order valence-electron chi connectivity index (χ0n) is 13.3. The highest BCUT2D eigenvalue weighted by atomic mass is 32.2. The fourth-order valence-corrected chi connectivity index (χ4v) is 4.92. The van der Waals surface area contributed by atoms with Crippen LogP contribution in [0.15, 0.2) is 47.5 Å². The lowest BCUT2D eigenvalue weighted by molar-refractivity contribution is 0.0625. The van der Waals surface area contributed by atoms with Gasteiger partial charge in [-0.3, -0.25) is 9.78 Å². The van der Waals surface area contributed by atoms with Crippen LogP contribution < -0.4 is 0 Å². The van der Waals surface area contributed by atoms with Crippen LogP contribution in [0.2, 0.25) is 0 Å². The van der Waals surface area contributed by atoms with Gasteiger partial charge >= 0.3 is 0 Å². The summed E-state index contributed by atoms with van der Waals surface area (Å²) in [5.74, 6) is -0.107. The third kappa shape index (κ3) is 2.52. The van der Waals surface area contributed by atoms with Crippen LogP contribution in [0.3, 0.4) is 0 Å². The number of nitrogens with zero attached hydrogens (tertiary/aromatic N) is 3. The van der Waals surface area contributed by atoms with Gasteiger partial charge in [0, 0.05) is 25.8 Å². The maximum atomic E-state index is 12.9. The number of pyridine rings is 1. The molecule has 2 aliphatic rings. The summed E-state index contributed by atoms with van der Waals surface area (Å²) in [6, 6.07) is 8.94. The van der Waals surface area contributed by atoms with Gasteiger partial charge in [-0.05, 0) is 29.8 Å². The first-order chi connectivity index (χ1) is 12.0. The topological polar surface area (TPSA) is 70.6 Å². The van der Waals surface area contributed by atoms with Gasteiger partial charge < -0.3 is 4.90 Å². The Morgan fingerprint density at radius 2 is 2.04 bits per heavy atom. The molecule has 4 rings (SSSR count). The van der Waals surface area contributed by atoms with E-state index in [9.17, 15) is 17.6 Å². The van der Waals surface area contributed by atoms with Crippen molar-refractivity contribution in [1.82, 2.24) is 14.2 Å². The molecule has 130 valence electrons. The van der Waals surface area contributed by atoms with Crippen molar-refractivity contribution in [1.29, 1.82) is 0 Å². The number of carbonyl (C=O) groups is 1. The quantitative estimate of drug-likeness (QED) is 0.835. The summed E-state index contributed by atoms with van der Waals surface area (Å²) >= 11 is 0. The Balaban J connectivity index is 1.66. The van der Waals surface area contributed by atoms with Crippen molar-refractivity contribution < 1.29 is 17.6 Å². The fourth-order valence-electron chi connectivity index (χ4n) is 3.41. The molecular weight excluding hydrogens is 345 g/mol. The molecule has 1 saturated heterocycles. The third-order valence-corrected chi connectivity index (χ3v) is 6.54. The van der Waals surface area contributed by atoms with E-state index in [0.717, 1.165) is 0 Å². The zero-order chi connectivity index (χ0) is 17.6. The molecule has 1 unspecified atom stereocenters. The number of halogens is 1. The van der Waals surface area contributed by atoms with E-state index in [1.165, 1.54) is 22.5 Å². The molecule has 6 nitrogen and oxygen atoms in total. The minimum Gasteiger partial charge on any atom is -0.327 e. The predicted molar refractivity (Wildman–Crippen MR) is 88.0 cm³/mol. The molecule has 0 aliphatic carbocycles. The second-order valence-electron chi connectivity index (χ2n) is 6.09. The number of hydrogen-bond donors (Lipinski definition) is 0. The smallest absolute Gasteiger partial charge is 0.256 e. The van der Waals surface area contributed by atoms with E-state index in [2.05, 4.69) is 4.98 Å². The molecule has 2 aliphatic heterocycles. The van der Waals surface area contributed by atoms with Gasteiger partial charge in [0.15, 0.2) is 0 Å². The number of amides is 1. The van der Waals surface area contributed by atoms with Crippen molar-refractivity contribution in [2.24, 2.45) is 0 Å². The molecule has 1 aromatic carbocycles. The molecule has 8 heteroatoms. The van der Waals surface area contributed by atoms with E-state index in [1.54, 1.807) is 29.3 Å². The van der Waals surface area contributed by atoms with Crippen LogP contribution in [0.4, 0.5) is 4.39 Å². The molecule has 0 spiro atoms. The van der Waals surface area contributed by atoms with Crippen molar-refractivity contribution in [3.63, 3.8) is 0 Å². The third-order valence-electron chi connectivity index (χ3n) is 4.68. The number of hydrogen-bond acceptors (Lipinski definition) is 4. The molecule has 0 bridgehead atoms. The lowest BCUT2D eigenvalue weighted by Crippen LogP contribution is -2.49. The molecule has 3 heterocycles. The van der Waals surface area contributed by atoms with E-state index >= 15 is 0 Å². The van der Waals surface area contributed by atoms with E-state index in [0.29, 0.717) is 23.4 Å². The lowest BCUT2D eigenvalue weighted by Gasteiger charge is -2.36. The Kier molecular flexibility index (Phi) is 3.81.